The fourth-order valence-electron chi connectivity index (χ4n) is 2.03. The zero-order valence-electron chi connectivity index (χ0n) is 11.3. The van der Waals surface area contributed by atoms with E-state index in [0.717, 1.165) is 0 Å². The fourth-order valence-corrected chi connectivity index (χ4v) is 2.03. The predicted octanol–water partition coefficient (Wildman–Crippen LogP) is -0.271. The quantitative estimate of drug-likeness (QED) is 0.635. The smallest absolute Gasteiger partial charge is 0.325 e. The van der Waals surface area contributed by atoms with Gasteiger partial charge in [-0.25, -0.2) is 0 Å². The number of esters is 1. The van der Waals surface area contributed by atoms with Crippen molar-refractivity contribution in [2.45, 2.75) is 19.9 Å². The average Bonchev–Trinajstić information content (AvgIpc) is 2.40. The van der Waals surface area contributed by atoms with Crippen LogP contribution in [0.25, 0.3) is 0 Å². The lowest BCUT2D eigenvalue weighted by molar-refractivity contribution is -0.154. The SMILES string of the molecule is CCN(CC)C(=O)CN1CCOCC1C(=O)OC. The summed E-state index contributed by atoms with van der Waals surface area (Å²) in [5.41, 5.74) is 0. The number of methoxy groups -OCH3 is 1. The van der Waals surface area contributed by atoms with E-state index in [2.05, 4.69) is 0 Å². The largest absolute Gasteiger partial charge is 0.468 e. The Morgan fingerprint density at radius 2 is 2.06 bits per heavy atom. The minimum absolute atomic E-state index is 0.0378. The number of morpholine rings is 1. The molecule has 1 aliphatic heterocycles. The van der Waals surface area contributed by atoms with E-state index in [1.165, 1.54) is 7.11 Å². The molecule has 18 heavy (non-hydrogen) atoms. The second kappa shape index (κ2) is 7.33. The first-order chi connectivity index (χ1) is 8.63. The van der Waals surface area contributed by atoms with Crippen LogP contribution in [-0.2, 0) is 19.1 Å². The van der Waals surface area contributed by atoms with Crippen LogP contribution in [0.1, 0.15) is 13.8 Å². The normalized spacial score (nSPS) is 20.5. The summed E-state index contributed by atoms with van der Waals surface area (Å²) in [4.78, 5) is 27.2. The number of hydrogen-bond acceptors (Lipinski definition) is 5. The molecular weight excluding hydrogens is 236 g/mol. The van der Waals surface area contributed by atoms with Crippen LogP contribution in [0, 0.1) is 0 Å². The Bertz CT molecular complexity index is 292. The number of ether oxygens (including phenoxy) is 2. The van der Waals surface area contributed by atoms with Crippen molar-refractivity contribution in [3.8, 4) is 0 Å². The summed E-state index contributed by atoms with van der Waals surface area (Å²) in [6.07, 6.45) is 0. The summed E-state index contributed by atoms with van der Waals surface area (Å²) < 4.78 is 9.99. The fraction of sp³-hybridized carbons (Fsp3) is 0.833. The Labute approximate surface area is 108 Å². The third-order valence-electron chi connectivity index (χ3n) is 3.17. The summed E-state index contributed by atoms with van der Waals surface area (Å²) in [7, 11) is 1.35. The number of amides is 1. The van der Waals surface area contributed by atoms with Crippen LogP contribution >= 0.6 is 0 Å². The summed E-state index contributed by atoms with van der Waals surface area (Å²) in [6, 6.07) is -0.469. The monoisotopic (exact) mass is 258 g/mol. The molecule has 6 heteroatoms. The Kier molecular flexibility index (Phi) is 6.07. The van der Waals surface area contributed by atoms with Crippen LogP contribution in [0.5, 0.6) is 0 Å². The van der Waals surface area contributed by atoms with E-state index in [9.17, 15) is 9.59 Å². The van der Waals surface area contributed by atoms with E-state index in [1.54, 1.807) is 4.90 Å². The third-order valence-corrected chi connectivity index (χ3v) is 3.17. The number of nitrogens with zero attached hydrogens (tertiary/aromatic N) is 2. The van der Waals surface area contributed by atoms with Crippen molar-refractivity contribution in [3.63, 3.8) is 0 Å². The molecule has 1 heterocycles. The van der Waals surface area contributed by atoms with Crippen LogP contribution in [0.4, 0.5) is 0 Å². The minimum Gasteiger partial charge on any atom is -0.468 e. The van der Waals surface area contributed by atoms with Gasteiger partial charge in [0.25, 0.3) is 0 Å². The third kappa shape index (κ3) is 3.68. The Morgan fingerprint density at radius 1 is 1.39 bits per heavy atom. The minimum atomic E-state index is -0.469. The molecule has 0 spiro atoms. The van der Waals surface area contributed by atoms with Gasteiger partial charge in [0.05, 0.1) is 26.9 Å². The first kappa shape index (κ1) is 14.9. The Hall–Kier alpha value is -1.14. The van der Waals surface area contributed by atoms with Gasteiger partial charge in [0, 0.05) is 19.6 Å². The Morgan fingerprint density at radius 3 is 2.61 bits per heavy atom. The van der Waals surface area contributed by atoms with Crippen molar-refractivity contribution in [2.75, 3.05) is 46.5 Å². The van der Waals surface area contributed by atoms with Crippen molar-refractivity contribution in [1.82, 2.24) is 9.80 Å². The maximum Gasteiger partial charge on any atom is 0.325 e. The highest BCUT2D eigenvalue weighted by Crippen LogP contribution is 2.09. The lowest BCUT2D eigenvalue weighted by atomic mass is 10.2. The topological polar surface area (TPSA) is 59.1 Å². The molecule has 0 aliphatic carbocycles. The molecule has 1 fully saturated rings. The van der Waals surface area contributed by atoms with E-state index in [0.29, 0.717) is 26.2 Å². The van der Waals surface area contributed by atoms with Crippen molar-refractivity contribution < 1.29 is 19.1 Å². The van der Waals surface area contributed by atoms with Gasteiger partial charge in [-0.05, 0) is 13.8 Å². The highest BCUT2D eigenvalue weighted by Gasteiger charge is 2.32. The predicted molar refractivity (Wildman–Crippen MR) is 66.1 cm³/mol. The summed E-state index contributed by atoms with van der Waals surface area (Å²) >= 11 is 0. The first-order valence-corrected chi connectivity index (χ1v) is 6.31. The van der Waals surface area contributed by atoms with Crippen molar-refractivity contribution in [3.05, 3.63) is 0 Å². The molecule has 1 rings (SSSR count). The van der Waals surface area contributed by atoms with Gasteiger partial charge in [-0.2, -0.15) is 0 Å². The molecule has 6 nitrogen and oxygen atoms in total. The van der Waals surface area contributed by atoms with E-state index in [-0.39, 0.29) is 25.0 Å². The highest BCUT2D eigenvalue weighted by atomic mass is 16.5. The molecule has 0 bridgehead atoms. The van der Waals surface area contributed by atoms with Gasteiger partial charge in [-0.3, -0.25) is 14.5 Å². The summed E-state index contributed by atoms with van der Waals surface area (Å²) in [5.74, 6) is -0.308. The van der Waals surface area contributed by atoms with Gasteiger partial charge in [-0.1, -0.05) is 0 Å². The van der Waals surface area contributed by atoms with Gasteiger partial charge in [-0.15, -0.1) is 0 Å². The van der Waals surface area contributed by atoms with Crippen molar-refractivity contribution >= 4 is 11.9 Å². The van der Waals surface area contributed by atoms with Gasteiger partial charge in [0.2, 0.25) is 5.91 Å². The van der Waals surface area contributed by atoms with Crippen molar-refractivity contribution in [1.29, 1.82) is 0 Å². The molecule has 0 N–H and O–H groups in total. The molecule has 1 unspecified atom stereocenters. The van der Waals surface area contributed by atoms with Crippen molar-refractivity contribution in [2.24, 2.45) is 0 Å². The van der Waals surface area contributed by atoms with Gasteiger partial charge < -0.3 is 14.4 Å². The number of carbonyl (C=O) groups is 2. The number of rotatable bonds is 5. The molecule has 0 saturated carbocycles. The second-order valence-corrected chi connectivity index (χ2v) is 4.15. The second-order valence-electron chi connectivity index (χ2n) is 4.15. The van der Waals surface area contributed by atoms with Crippen LogP contribution in [0.15, 0.2) is 0 Å². The highest BCUT2D eigenvalue weighted by molar-refractivity contribution is 5.80. The molecule has 1 aliphatic rings. The molecule has 1 saturated heterocycles. The van der Waals surface area contributed by atoms with E-state index >= 15 is 0 Å². The number of hydrogen-bond donors (Lipinski definition) is 0. The molecule has 104 valence electrons. The van der Waals surface area contributed by atoms with E-state index in [4.69, 9.17) is 9.47 Å². The standard InChI is InChI=1S/C12H22N2O4/c1-4-13(5-2)11(15)8-14-6-7-18-9-10(14)12(16)17-3/h10H,4-9H2,1-3H3. The molecule has 0 aromatic carbocycles. The lowest BCUT2D eigenvalue weighted by Gasteiger charge is -2.34. The zero-order valence-corrected chi connectivity index (χ0v) is 11.3. The summed E-state index contributed by atoms with van der Waals surface area (Å²) in [5, 5.41) is 0. The maximum absolute atomic E-state index is 12.0. The average molecular weight is 258 g/mol. The van der Waals surface area contributed by atoms with Crippen LogP contribution < -0.4 is 0 Å². The van der Waals surface area contributed by atoms with Gasteiger partial charge >= 0.3 is 5.97 Å². The molecular formula is C12H22N2O4. The van der Waals surface area contributed by atoms with Gasteiger partial charge in [0.15, 0.2) is 0 Å². The molecule has 1 atom stereocenters. The van der Waals surface area contributed by atoms with Crippen LogP contribution in [-0.4, -0.2) is 74.2 Å². The molecule has 0 radical (unpaired) electrons. The van der Waals surface area contributed by atoms with Crippen LogP contribution in [0.3, 0.4) is 0 Å². The zero-order chi connectivity index (χ0) is 13.5. The van der Waals surface area contributed by atoms with Crippen LogP contribution in [0.2, 0.25) is 0 Å². The molecule has 1 amide bonds. The maximum atomic E-state index is 12.0. The van der Waals surface area contributed by atoms with Gasteiger partial charge in [0.1, 0.15) is 6.04 Å². The number of carbonyl (C=O) groups excluding carboxylic acids is 2. The number of likely N-dealkylation sites (N-methyl/N-ethyl adjacent to an activating group) is 1. The molecule has 0 aromatic rings. The Balaban J connectivity index is 2.61. The van der Waals surface area contributed by atoms with E-state index < -0.39 is 6.04 Å². The first-order valence-electron chi connectivity index (χ1n) is 6.31. The molecule has 0 aromatic heterocycles. The summed E-state index contributed by atoms with van der Waals surface area (Å²) in [6.45, 7) is 6.90. The van der Waals surface area contributed by atoms with E-state index in [1.807, 2.05) is 18.7 Å². The lowest BCUT2D eigenvalue weighted by Crippen LogP contribution is -2.53.